The van der Waals surface area contributed by atoms with Gasteiger partial charge in [-0.1, -0.05) is 12.1 Å². The summed E-state index contributed by atoms with van der Waals surface area (Å²) in [5.41, 5.74) is 2.81. The molecule has 0 amide bonds. The number of hydrogen-bond donors (Lipinski definition) is 0. The first-order chi connectivity index (χ1) is 12.6. The van der Waals surface area contributed by atoms with Gasteiger partial charge in [-0.25, -0.2) is 4.39 Å². The van der Waals surface area contributed by atoms with Gasteiger partial charge in [-0.2, -0.15) is 4.98 Å². The highest BCUT2D eigenvalue weighted by Gasteiger charge is 2.25. The molecule has 0 aliphatic carbocycles. The van der Waals surface area contributed by atoms with Gasteiger partial charge in [-0.05, 0) is 43.7 Å². The summed E-state index contributed by atoms with van der Waals surface area (Å²) < 4.78 is 21.8. The van der Waals surface area contributed by atoms with E-state index < -0.39 is 0 Å². The zero-order chi connectivity index (χ0) is 17.8. The Balaban J connectivity index is 1.85. The lowest BCUT2D eigenvalue weighted by molar-refractivity contribution is 0.311. The van der Waals surface area contributed by atoms with E-state index in [0.717, 1.165) is 27.9 Å². The number of nitrogens with zero attached hydrogens (tertiary/aromatic N) is 5. The summed E-state index contributed by atoms with van der Waals surface area (Å²) >= 11 is 0. The largest absolute Gasteiger partial charge is 0.489 e. The van der Waals surface area contributed by atoms with E-state index in [9.17, 15) is 4.39 Å². The first-order valence-electron chi connectivity index (χ1n) is 8.44. The standard InChI is InChI=1S/C19H16FN5O/c1-11-4-3-5-16-17(11)26-9-8-24(16)18-14-10-13(20)6-7-15(14)25-12(2)22-23-19(25)21-18/h3-7,10H,8-9H2,1-2H3. The predicted molar refractivity (Wildman–Crippen MR) is 96.7 cm³/mol. The van der Waals surface area contributed by atoms with Crippen molar-refractivity contribution in [3.05, 3.63) is 53.6 Å². The van der Waals surface area contributed by atoms with E-state index in [1.807, 2.05) is 36.4 Å². The number of aryl methyl sites for hydroxylation is 2. The van der Waals surface area contributed by atoms with Crippen LogP contribution in [0, 0.1) is 19.7 Å². The highest BCUT2D eigenvalue weighted by molar-refractivity contribution is 5.94. The van der Waals surface area contributed by atoms with Crippen molar-refractivity contribution in [2.45, 2.75) is 13.8 Å². The number of anilines is 2. The molecule has 0 unspecified atom stereocenters. The maximum Gasteiger partial charge on any atom is 0.257 e. The molecule has 6 nitrogen and oxygen atoms in total. The fourth-order valence-electron chi connectivity index (χ4n) is 3.57. The lowest BCUT2D eigenvalue weighted by atomic mass is 10.1. The molecule has 5 rings (SSSR count). The average Bonchev–Trinajstić information content (AvgIpc) is 3.02. The second-order valence-corrected chi connectivity index (χ2v) is 6.40. The minimum absolute atomic E-state index is 0.302. The van der Waals surface area contributed by atoms with Gasteiger partial charge in [0.05, 0.1) is 17.7 Å². The Kier molecular flexibility index (Phi) is 3.12. The fraction of sp³-hybridized carbons (Fsp3) is 0.211. The van der Waals surface area contributed by atoms with E-state index in [0.29, 0.717) is 30.6 Å². The Morgan fingerprint density at radius 3 is 2.88 bits per heavy atom. The average molecular weight is 349 g/mol. The van der Waals surface area contributed by atoms with Crippen molar-refractivity contribution in [2.75, 3.05) is 18.1 Å². The van der Waals surface area contributed by atoms with Gasteiger partial charge in [-0.3, -0.25) is 4.40 Å². The van der Waals surface area contributed by atoms with Crippen molar-refractivity contribution in [1.82, 2.24) is 19.6 Å². The van der Waals surface area contributed by atoms with Crippen LogP contribution in [0.2, 0.25) is 0 Å². The molecule has 2 aromatic carbocycles. The summed E-state index contributed by atoms with van der Waals surface area (Å²) in [6.07, 6.45) is 0. The summed E-state index contributed by atoms with van der Waals surface area (Å²) in [7, 11) is 0. The van der Waals surface area contributed by atoms with Crippen LogP contribution in [0.4, 0.5) is 15.9 Å². The monoisotopic (exact) mass is 349 g/mol. The third kappa shape index (κ3) is 2.06. The zero-order valence-corrected chi connectivity index (χ0v) is 14.4. The number of aromatic nitrogens is 4. The lowest BCUT2D eigenvalue weighted by Gasteiger charge is -2.32. The first-order valence-corrected chi connectivity index (χ1v) is 8.44. The van der Waals surface area contributed by atoms with Crippen molar-refractivity contribution < 1.29 is 9.13 Å². The summed E-state index contributed by atoms with van der Waals surface area (Å²) in [5.74, 6) is 2.41. The molecule has 0 radical (unpaired) electrons. The van der Waals surface area contributed by atoms with E-state index in [2.05, 4.69) is 15.1 Å². The minimum atomic E-state index is -0.302. The topological polar surface area (TPSA) is 55.5 Å². The maximum absolute atomic E-state index is 14.1. The molecular formula is C19H16FN5O. The van der Waals surface area contributed by atoms with Crippen LogP contribution in [0.15, 0.2) is 36.4 Å². The molecular weight excluding hydrogens is 333 g/mol. The quantitative estimate of drug-likeness (QED) is 0.526. The second-order valence-electron chi connectivity index (χ2n) is 6.40. The lowest BCUT2D eigenvalue weighted by Crippen LogP contribution is -2.30. The molecule has 0 saturated heterocycles. The summed E-state index contributed by atoms with van der Waals surface area (Å²) in [6, 6.07) is 10.7. The second kappa shape index (κ2) is 5.39. The van der Waals surface area contributed by atoms with Crippen LogP contribution in [0.5, 0.6) is 5.75 Å². The Bertz CT molecular complexity index is 1170. The fourth-order valence-corrected chi connectivity index (χ4v) is 3.57. The normalized spacial score (nSPS) is 13.9. The number of hydrogen-bond acceptors (Lipinski definition) is 5. The minimum Gasteiger partial charge on any atom is -0.489 e. The van der Waals surface area contributed by atoms with Crippen LogP contribution in [-0.2, 0) is 0 Å². The molecule has 3 heterocycles. The van der Waals surface area contributed by atoms with Gasteiger partial charge in [0.15, 0.2) is 0 Å². The van der Waals surface area contributed by atoms with Gasteiger partial charge >= 0.3 is 0 Å². The molecule has 0 N–H and O–H groups in total. The number of halogens is 1. The first kappa shape index (κ1) is 15.1. The number of fused-ring (bicyclic) bond motifs is 4. The van der Waals surface area contributed by atoms with E-state index in [4.69, 9.17) is 9.72 Å². The number of benzene rings is 2. The molecule has 1 aliphatic rings. The summed E-state index contributed by atoms with van der Waals surface area (Å²) in [5, 5.41) is 9.01. The van der Waals surface area contributed by atoms with Crippen LogP contribution < -0.4 is 9.64 Å². The molecule has 0 bridgehead atoms. The molecule has 0 saturated carbocycles. The molecule has 130 valence electrons. The molecule has 4 aromatic rings. The van der Waals surface area contributed by atoms with Crippen LogP contribution in [0.3, 0.4) is 0 Å². The smallest absolute Gasteiger partial charge is 0.257 e. The van der Waals surface area contributed by atoms with Gasteiger partial charge < -0.3 is 9.64 Å². The van der Waals surface area contributed by atoms with E-state index >= 15 is 0 Å². The van der Waals surface area contributed by atoms with Crippen molar-refractivity contribution in [1.29, 1.82) is 0 Å². The Hall–Kier alpha value is -3.22. The number of ether oxygens (including phenoxy) is 1. The molecule has 0 atom stereocenters. The Morgan fingerprint density at radius 2 is 2.00 bits per heavy atom. The number of para-hydroxylation sites is 1. The number of rotatable bonds is 1. The van der Waals surface area contributed by atoms with Crippen molar-refractivity contribution in [3.63, 3.8) is 0 Å². The maximum atomic E-state index is 14.1. The van der Waals surface area contributed by atoms with Crippen molar-refractivity contribution >= 4 is 28.2 Å². The van der Waals surface area contributed by atoms with Gasteiger partial charge in [0, 0.05) is 5.39 Å². The van der Waals surface area contributed by atoms with E-state index in [1.54, 1.807) is 6.07 Å². The van der Waals surface area contributed by atoms with Crippen LogP contribution in [0.25, 0.3) is 16.7 Å². The van der Waals surface area contributed by atoms with Crippen LogP contribution >= 0.6 is 0 Å². The van der Waals surface area contributed by atoms with Gasteiger partial charge in [0.2, 0.25) is 0 Å². The van der Waals surface area contributed by atoms with Gasteiger partial charge in [0.25, 0.3) is 5.78 Å². The third-order valence-corrected chi connectivity index (χ3v) is 4.75. The third-order valence-electron chi connectivity index (χ3n) is 4.75. The molecule has 2 aromatic heterocycles. The summed E-state index contributed by atoms with van der Waals surface area (Å²) in [4.78, 5) is 6.78. The molecule has 7 heteroatoms. The molecule has 1 aliphatic heterocycles. The van der Waals surface area contributed by atoms with Crippen LogP contribution in [0.1, 0.15) is 11.4 Å². The van der Waals surface area contributed by atoms with Crippen molar-refractivity contribution in [2.24, 2.45) is 0 Å². The zero-order valence-electron chi connectivity index (χ0n) is 14.4. The van der Waals surface area contributed by atoms with Crippen molar-refractivity contribution in [3.8, 4) is 5.75 Å². The molecule has 0 fully saturated rings. The van der Waals surface area contributed by atoms with E-state index in [1.165, 1.54) is 12.1 Å². The highest BCUT2D eigenvalue weighted by Crippen LogP contribution is 2.40. The Morgan fingerprint density at radius 1 is 1.12 bits per heavy atom. The predicted octanol–water partition coefficient (Wildman–Crippen LogP) is 3.56. The van der Waals surface area contributed by atoms with E-state index in [-0.39, 0.29) is 5.82 Å². The van der Waals surface area contributed by atoms with Gasteiger partial charge in [0.1, 0.15) is 29.8 Å². The Labute approximate surface area is 148 Å². The molecule has 0 spiro atoms. The van der Waals surface area contributed by atoms with Gasteiger partial charge in [-0.15, -0.1) is 10.2 Å². The summed E-state index contributed by atoms with van der Waals surface area (Å²) in [6.45, 7) is 5.03. The highest BCUT2D eigenvalue weighted by atomic mass is 19.1. The SMILES string of the molecule is Cc1cccc2c1OCCN2c1nc2nnc(C)n2c2ccc(F)cc12. The van der Waals surface area contributed by atoms with Crippen LogP contribution in [-0.4, -0.2) is 32.7 Å². The molecule has 26 heavy (non-hydrogen) atoms.